The predicted octanol–water partition coefficient (Wildman–Crippen LogP) is 0.246. The molecule has 1 heterocycles. The smallest absolute Gasteiger partial charge is 0.252 e. The fourth-order valence-electron chi connectivity index (χ4n) is 2.29. The van der Waals surface area contributed by atoms with Gasteiger partial charge >= 0.3 is 0 Å². The van der Waals surface area contributed by atoms with E-state index in [2.05, 4.69) is 10.0 Å². The Morgan fingerprint density at radius 1 is 1.45 bits per heavy atom. The van der Waals surface area contributed by atoms with Crippen molar-refractivity contribution in [2.75, 3.05) is 20.2 Å². The minimum atomic E-state index is -3.69. The molecule has 1 aromatic rings. The van der Waals surface area contributed by atoms with E-state index < -0.39 is 15.9 Å². The third-order valence-corrected chi connectivity index (χ3v) is 4.88. The van der Waals surface area contributed by atoms with Crippen LogP contribution in [0.15, 0.2) is 23.1 Å². The van der Waals surface area contributed by atoms with Gasteiger partial charge in [0.1, 0.15) is 5.75 Å². The summed E-state index contributed by atoms with van der Waals surface area (Å²) in [6.07, 6.45) is 1.70. The van der Waals surface area contributed by atoms with Gasteiger partial charge in [-0.2, -0.15) is 0 Å². The molecule has 22 heavy (non-hydrogen) atoms. The highest BCUT2D eigenvalue weighted by atomic mass is 35.5. The summed E-state index contributed by atoms with van der Waals surface area (Å²) >= 11 is 0. The van der Waals surface area contributed by atoms with Gasteiger partial charge in [0, 0.05) is 12.6 Å². The van der Waals surface area contributed by atoms with Crippen molar-refractivity contribution in [1.29, 1.82) is 0 Å². The van der Waals surface area contributed by atoms with Gasteiger partial charge in [0.25, 0.3) is 5.91 Å². The number of hydrogen-bond acceptors (Lipinski definition) is 5. The van der Waals surface area contributed by atoms with E-state index in [0.29, 0.717) is 6.54 Å². The van der Waals surface area contributed by atoms with Crippen molar-refractivity contribution in [3.63, 3.8) is 0 Å². The van der Waals surface area contributed by atoms with E-state index >= 15 is 0 Å². The summed E-state index contributed by atoms with van der Waals surface area (Å²) in [6.45, 7) is 1.49. The number of methoxy groups -OCH3 is 1. The second kappa shape index (κ2) is 7.77. The van der Waals surface area contributed by atoms with Crippen LogP contribution < -0.4 is 20.5 Å². The van der Waals surface area contributed by atoms with E-state index in [-0.39, 0.29) is 34.7 Å². The number of amides is 1. The van der Waals surface area contributed by atoms with Crippen molar-refractivity contribution in [2.24, 2.45) is 5.73 Å². The first kappa shape index (κ1) is 18.7. The third-order valence-electron chi connectivity index (χ3n) is 3.37. The number of primary amides is 1. The molecule has 1 aliphatic heterocycles. The molecule has 0 bridgehead atoms. The number of nitrogens with two attached hydrogens (primary N) is 1. The van der Waals surface area contributed by atoms with Gasteiger partial charge in [-0.05, 0) is 37.6 Å². The lowest BCUT2D eigenvalue weighted by atomic mass is 10.1. The number of rotatable bonds is 5. The molecule has 0 saturated carbocycles. The fraction of sp³-hybridized carbons (Fsp3) is 0.462. The molecule has 1 aliphatic rings. The van der Waals surface area contributed by atoms with E-state index in [9.17, 15) is 13.2 Å². The minimum absolute atomic E-state index is 0. The van der Waals surface area contributed by atoms with Gasteiger partial charge < -0.3 is 15.8 Å². The van der Waals surface area contributed by atoms with Crippen LogP contribution in [-0.2, 0) is 10.0 Å². The minimum Gasteiger partial charge on any atom is -0.496 e. The van der Waals surface area contributed by atoms with E-state index in [4.69, 9.17) is 10.5 Å². The second-order valence-electron chi connectivity index (χ2n) is 4.89. The quantitative estimate of drug-likeness (QED) is 0.705. The molecular weight excluding hydrogens is 330 g/mol. The monoisotopic (exact) mass is 349 g/mol. The van der Waals surface area contributed by atoms with Gasteiger partial charge in [-0.15, -0.1) is 12.4 Å². The number of carbonyl (C=O) groups excluding carboxylic acids is 1. The zero-order valence-corrected chi connectivity index (χ0v) is 13.8. The number of hydrogen-bond donors (Lipinski definition) is 3. The molecule has 0 spiro atoms. The maximum Gasteiger partial charge on any atom is 0.252 e. The van der Waals surface area contributed by atoms with E-state index in [1.54, 1.807) is 0 Å². The Morgan fingerprint density at radius 2 is 2.18 bits per heavy atom. The zero-order chi connectivity index (χ0) is 15.5. The first-order valence-corrected chi connectivity index (χ1v) is 8.13. The van der Waals surface area contributed by atoms with Gasteiger partial charge in [0.05, 0.1) is 17.6 Å². The Hall–Kier alpha value is -1.35. The van der Waals surface area contributed by atoms with Gasteiger partial charge in [-0.3, -0.25) is 4.79 Å². The van der Waals surface area contributed by atoms with Crippen LogP contribution in [0.25, 0.3) is 0 Å². The standard InChI is InChI=1S/C13H19N3O4S.ClH/c1-20-12-5-4-10(7-11(12)13(14)17)21(18,19)16-9-3-2-6-15-8-9;/h4-5,7,9,15-16H,2-3,6,8H2,1H3,(H2,14,17);1H/t9-;/m1./s1. The molecule has 0 radical (unpaired) electrons. The Balaban J connectivity index is 0.00000242. The molecule has 9 heteroatoms. The van der Waals surface area contributed by atoms with Gasteiger partial charge in [0.15, 0.2) is 0 Å². The number of carbonyl (C=O) groups is 1. The SMILES string of the molecule is COc1ccc(S(=O)(=O)N[C@@H]2CCCNC2)cc1C(N)=O.Cl. The molecule has 2 rings (SSSR count). The first-order valence-electron chi connectivity index (χ1n) is 6.65. The Bertz CT molecular complexity index is 630. The first-order chi connectivity index (χ1) is 9.94. The molecule has 124 valence electrons. The molecule has 1 atom stereocenters. The molecule has 0 aliphatic carbocycles. The zero-order valence-electron chi connectivity index (χ0n) is 12.2. The molecule has 1 fully saturated rings. The molecule has 0 unspecified atom stereocenters. The van der Waals surface area contributed by atoms with Crippen LogP contribution in [0, 0.1) is 0 Å². The van der Waals surface area contributed by atoms with Crippen LogP contribution in [-0.4, -0.2) is 40.6 Å². The van der Waals surface area contributed by atoms with Gasteiger partial charge in [-0.1, -0.05) is 0 Å². The number of nitrogens with one attached hydrogen (secondary N) is 2. The van der Waals surface area contributed by atoms with Crippen molar-refractivity contribution in [3.05, 3.63) is 23.8 Å². The summed E-state index contributed by atoms with van der Waals surface area (Å²) in [5.74, 6) is -0.482. The van der Waals surface area contributed by atoms with Crippen molar-refractivity contribution in [1.82, 2.24) is 10.0 Å². The van der Waals surface area contributed by atoms with Crippen LogP contribution in [0.2, 0.25) is 0 Å². The maximum absolute atomic E-state index is 12.3. The number of sulfonamides is 1. The van der Waals surface area contributed by atoms with Crippen LogP contribution in [0.5, 0.6) is 5.75 Å². The molecule has 1 saturated heterocycles. The third kappa shape index (κ3) is 4.33. The lowest BCUT2D eigenvalue weighted by Gasteiger charge is -2.23. The average molecular weight is 350 g/mol. The number of benzene rings is 1. The van der Waals surface area contributed by atoms with Crippen LogP contribution >= 0.6 is 12.4 Å². The van der Waals surface area contributed by atoms with Crippen LogP contribution in [0.1, 0.15) is 23.2 Å². The summed E-state index contributed by atoms with van der Waals surface area (Å²) in [5, 5.41) is 3.14. The molecule has 1 amide bonds. The average Bonchev–Trinajstić information content (AvgIpc) is 2.47. The fourth-order valence-corrected chi connectivity index (χ4v) is 3.58. The Labute approximate surface area is 136 Å². The maximum atomic E-state index is 12.3. The van der Waals surface area contributed by atoms with Crippen molar-refractivity contribution >= 4 is 28.3 Å². The molecule has 7 nitrogen and oxygen atoms in total. The Kier molecular flexibility index (Phi) is 6.61. The molecular formula is C13H20ClN3O4S. The number of piperidine rings is 1. The largest absolute Gasteiger partial charge is 0.496 e. The number of halogens is 1. The lowest BCUT2D eigenvalue weighted by molar-refractivity contribution is 0.0997. The summed E-state index contributed by atoms with van der Waals surface area (Å²) < 4.78 is 32.3. The second-order valence-corrected chi connectivity index (χ2v) is 6.60. The number of ether oxygens (including phenoxy) is 1. The topological polar surface area (TPSA) is 111 Å². The van der Waals surface area contributed by atoms with E-state index in [1.165, 1.54) is 25.3 Å². The highest BCUT2D eigenvalue weighted by molar-refractivity contribution is 7.89. The molecule has 0 aromatic heterocycles. The van der Waals surface area contributed by atoms with Crippen LogP contribution in [0.4, 0.5) is 0 Å². The van der Waals surface area contributed by atoms with Crippen LogP contribution in [0.3, 0.4) is 0 Å². The van der Waals surface area contributed by atoms with Crippen molar-refractivity contribution < 1.29 is 17.9 Å². The summed E-state index contributed by atoms with van der Waals surface area (Å²) in [4.78, 5) is 11.4. The molecule has 4 N–H and O–H groups in total. The van der Waals surface area contributed by atoms with E-state index in [0.717, 1.165) is 19.4 Å². The predicted molar refractivity (Wildman–Crippen MR) is 85.0 cm³/mol. The highest BCUT2D eigenvalue weighted by Crippen LogP contribution is 2.22. The van der Waals surface area contributed by atoms with Gasteiger partial charge in [0.2, 0.25) is 10.0 Å². The van der Waals surface area contributed by atoms with Crippen molar-refractivity contribution in [2.45, 2.75) is 23.8 Å². The van der Waals surface area contributed by atoms with Gasteiger partial charge in [-0.25, -0.2) is 13.1 Å². The Morgan fingerprint density at radius 3 is 2.73 bits per heavy atom. The summed E-state index contributed by atoms with van der Waals surface area (Å²) in [5.41, 5.74) is 5.29. The van der Waals surface area contributed by atoms with Crippen molar-refractivity contribution in [3.8, 4) is 5.75 Å². The summed E-state index contributed by atoms with van der Waals surface area (Å²) in [7, 11) is -2.30. The summed E-state index contributed by atoms with van der Waals surface area (Å²) in [6, 6.07) is 3.90. The normalized spacial score (nSPS) is 18.3. The molecule has 1 aromatic carbocycles. The lowest BCUT2D eigenvalue weighted by Crippen LogP contribution is -2.45. The van der Waals surface area contributed by atoms with E-state index in [1.807, 2.05) is 0 Å². The highest BCUT2D eigenvalue weighted by Gasteiger charge is 2.23.